The van der Waals surface area contributed by atoms with E-state index in [-0.39, 0.29) is 17.2 Å². The fourth-order valence-electron chi connectivity index (χ4n) is 8.56. The van der Waals surface area contributed by atoms with Crippen molar-refractivity contribution in [2.75, 3.05) is 0 Å². The molecule has 7 aromatic carbocycles. The molecule has 320 valence electrons. The van der Waals surface area contributed by atoms with E-state index in [9.17, 15) is 24.2 Å². The topological polar surface area (TPSA) is 113 Å². The third-order valence-electron chi connectivity index (χ3n) is 11.9. The molecule has 0 aliphatic carbocycles. The molecule has 3 aromatic heterocycles. The Morgan fingerprint density at radius 1 is 0.313 bits per heavy atom. The summed E-state index contributed by atoms with van der Waals surface area (Å²) in [5.41, 5.74) is 16.1. The Labute approximate surface area is 385 Å². The van der Waals surface area contributed by atoms with Gasteiger partial charge in [-0.05, 0) is 133 Å². The minimum Gasteiger partial charge on any atom is -0.477 e. The van der Waals surface area contributed by atoms with E-state index in [1.54, 1.807) is 36.7 Å². The van der Waals surface area contributed by atoms with Crippen molar-refractivity contribution in [3.05, 3.63) is 236 Å². The second-order valence-corrected chi connectivity index (χ2v) is 16.0. The van der Waals surface area contributed by atoms with E-state index in [1.165, 1.54) is 24.3 Å². The standard InChI is InChI=1S/C59H38FN3O4/c60-46-26-22-40(23-27-46)57-33-53(39-20-18-38(19-21-39)37-10-2-1-3-11-37)54(36-63-57)52-17-9-8-16-51(52)45-31-43(49-14-6-4-12-47(49)41-24-28-55(58(64)65)61-34-41)30-44(32-45)50-15-7-5-13-48(50)42-25-29-56(59(66)67)62-35-42/h1-36H,(H,64,65)(H,66,67). The normalized spacial score (nSPS) is 11.0. The van der Waals surface area contributed by atoms with Crippen LogP contribution in [0.15, 0.2) is 219 Å². The van der Waals surface area contributed by atoms with E-state index in [0.717, 1.165) is 94.6 Å². The summed E-state index contributed by atoms with van der Waals surface area (Å²) in [4.78, 5) is 37.0. The minimum atomic E-state index is -1.10. The number of halogens is 1. The quantitative estimate of drug-likeness (QED) is 0.133. The van der Waals surface area contributed by atoms with Gasteiger partial charge in [0.2, 0.25) is 0 Å². The van der Waals surface area contributed by atoms with Crippen molar-refractivity contribution in [1.82, 2.24) is 15.0 Å². The second-order valence-electron chi connectivity index (χ2n) is 16.0. The molecule has 7 nitrogen and oxygen atoms in total. The summed E-state index contributed by atoms with van der Waals surface area (Å²) in [6.07, 6.45) is 5.07. The summed E-state index contributed by atoms with van der Waals surface area (Å²) < 4.78 is 14.1. The summed E-state index contributed by atoms with van der Waals surface area (Å²) in [5.74, 6) is -2.52. The van der Waals surface area contributed by atoms with Crippen molar-refractivity contribution in [2.45, 2.75) is 0 Å². The van der Waals surface area contributed by atoms with Gasteiger partial charge in [0.15, 0.2) is 0 Å². The second kappa shape index (κ2) is 18.2. The third kappa shape index (κ3) is 8.62. The maximum absolute atomic E-state index is 14.1. The van der Waals surface area contributed by atoms with E-state index < -0.39 is 11.9 Å². The lowest BCUT2D eigenvalue weighted by molar-refractivity contribution is 0.0680. The molecule has 8 heteroatoms. The van der Waals surface area contributed by atoms with Gasteiger partial charge in [0.1, 0.15) is 17.2 Å². The number of rotatable bonds is 11. The van der Waals surface area contributed by atoms with Crippen LogP contribution in [-0.2, 0) is 0 Å². The summed E-state index contributed by atoms with van der Waals surface area (Å²) in [5, 5.41) is 19.2. The molecule has 0 radical (unpaired) electrons. The average Bonchev–Trinajstić information content (AvgIpc) is 3.39. The van der Waals surface area contributed by atoms with Crippen LogP contribution >= 0.6 is 0 Å². The Kier molecular flexibility index (Phi) is 11.3. The van der Waals surface area contributed by atoms with Gasteiger partial charge in [-0.1, -0.05) is 140 Å². The summed E-state index contributed by atoms with van der Waals surface area (Å²) in [6.45, 7) is 0. The molecule has 0 atom stereocenters. The van der Waals surface area contributed by atoms with Crippen LogP contribution in [0.5, 0.6) is 0 Å². The fourth-order valence-corrected chi connectivity index (χ4v) is 8.56. The van der Waals surface area contributed by atoms with Crippen molar-refractivity contribution in [3.8, 4) is 100 Å². The van der Waals surface area contributed by atoms with Crippen LogP contribution in [0.3, 0.4) is 0 Å². The average molecular weight is 872 g/mol. The van der Waals surface area contributed by atoms with E-state index in [2.05, 4.69) is 82.8 Å². The first-order valence-corrected chi connectivity index (χ1v) is 21.5. The molecule has 0 fully saturated rings. The number of carboxylic acids is 2. The zero-order valence-electron chi connectivity index (χ0n) is 35.7. The molecule has 3 heterocycles. The molecule has 67 heavy (non-hydrogen) atoms. The Hall–Kier alpha value is -9.14. The van der Waals surface area contributed by atoms with Gasteiger partial charge in [-0.2, -0.15) is 0 Å². The van der Waals surface area contributed by atoms with Crippen molar-refractivity contribution < 1.29 is 24.2 Å². The number of benzene rings is 7. The first-order valence-electron chi connectivity index (χ1n) is 21.5. The zero-order valence-corrected chi connectivity index (χ0v) is 35.7. The van der Waals surface area contributed by atoms with Crippen molar-refractivity contribution in [1.29, 1.82) is 0 Å². The van der Waals surface area contributed by atoms with Gasteiger partial charge in [-0.15, -0.1) is 0 Å². The lowest BCUT2D eigenvalue weighted by atomic mass is 9.85. The number of aromatic nitrogens is 3. The molecule has 10 aromatic rings. The van der Waals surface area contributed by atoms with Gasteiger partial charge >= 0.3 is 11.9 Å². The molecule has 0 saturated heterocycles. The number of carboxylic acid groups (broad SMARTS) is 2. The van der Waals surface area contributed by atoms with Gasteiger partial charge in [0.05, 0.1) is 5.69 Å². The highest BCUT2D eigenvalue weighted by atomic mass is 19.1. The zero-order chi connectivity index (χ0) is 45.9. The van der Waals surface area contributed by atoms with Crippen molar-refractivity contribution in [3.63, 3.8) is 0 Å². The van der Waals surface area contributed by atoms with Crippen LogP contribution in [0.1, 0.15) is 21.0 Å². The largest absolute Gasteiger partial charge is 0.477 e. The summed E-state index contributed by atoms with van der Waals surface area (Å²) in [7, 11) is 0. The summed E-state index contributed by atoms with van der Waals surface area (Å²) in [6, 6.07) is 64.4. The molecular weight excluding hydrogens is 834 g/mol. The van der Waals surface area contributed by atoms with Gasteiger partial charge in [-0.25, -0.2) is 23.9 Å². The maximum atomic E-state index is 14.1. The van der Waals surface area contributed by atoms with E-state index in [1.807, 2.05) is 85.1 Å². The van der Waals surface area contributed by atoms with Crippen molar-refractivity contribution in [2.24, 2.45) is 0 Å². The first-order chi connectivity index (χ1) is 32.8. The van der Waals surface area contributed by atoms with Gasteiger partial charge < -0.3 is 10.2 Å². The Bertz CT molecular complexity index is 3330. The van der Waals surface area contributed by atoms with Gasteiger partial charge in [0.25, 0.3) is 0 Å². The number of nitrogens with zero attached hydrogens (tertiary/aromatic N) is 3. The predicted octanol–water partition coefficient (Wildman–Crippen LogP) is 14.4. The number of hydrogen-bond acceptors (Lipinski definition) is 5. The van der Waals surface area contributed by atoms with Crippen LogP contribution in [0.2, 0.25) is 0 Å². The lowest BCUT2D eigenvalue weighted by Gasteiger charge is -2.19. The SMILES string of the molecule is O=C(O)c1ccc(-c2ccccc2-c2cc(-c3ccccc3-c3ccc(C(=O)O)nc3)cc(-c3ccccc3-c3cnc(-c4ccc(F)cc4)cc3-c3ccc(-c4ccccc4)cc3)c2)cn1. The third-order valence-corrected chi connectivity index (χ3v) is 11.9. The number of aromatic carboxylic acids is 2. The van der Waals surface area contributed by atoms with Gasteiger partial charge in [0, 0.05) is 40.8 Å². The van der Waals surface area contributed by atoms with Crippen LogP contribution in [0.4, 0.5) is 4.39 Å². The molecule has 0 amide bonds. The molecule has 0 bridgehead atoms. The number of carbonyl (C=O) groups is 2. The maximum Gasteiger partial charge on any atom is 0.354 e. The van der Waals surface area contributed by atoms with Crippen LogP contribution in [0.25, 0.3) is 100 Å². The smallest absolute Gasteiger partial charge is 0.354 e. The molecule has 2 N–H and O–H groups in total. The highest BCUT2D eigenvalue weighted by Crippen LogP contribution is 2.44. The molecule has 10 rings (SSSR count). The van der Waals surface area contributed by atoms with Gasteiger partial charge in [-0.3, -0.25) is 4.98 Å². The fraction of sp³-hybridized carbons (Fsp3) is 0. The first kappa shape index (κ1) is 41.8. The van der Waals surface area contributed by atoms with Crippen LogP contribution < -0.4 is 0 Å². The van der Waals surface area contributed by atoms with Crippen LogP contribution in [0, 0.1) is 5.82 Å². The molecule has 0 aliphatic rings. The van der Waals surface area contributed by atoms with E-state index >= 15 is 0 Å². The number of pyridine rings is 3. The molecule has 0 aliphatic heterocycles. The molecule has 0 saturated carbocycles. The lowest BCUT2D eigenvalue weighted by Crippen LogP contribution is -1.99. The Morgan fingerprint density at radius 2 is 0.701 bits per heavy atom. The van der Waals surface area contributed by atoms with Crippen LogP contribution in [-0.4, -0.2) is 37.1 Å². The minimum absolute atomic E-state index is 0.0451. The van der Waals surface area contributed by atoms with Crippen molar-refractivity contribution >= 4 is 11.9 Å². The Morgan fingerprint density at radius 3 is 1.16 bits per heavy atom. The number of hydrogen-bond donors (Lipinski definition) is 2. The molecule has 0 spiro atoms. The van der Waals surface area contributed by atoms with E-state index in [0.29, 0.717) is 5.69 Å². The molecule has 0 unspecified atom stereocenters. The highest BCUT2D eigenvalue weighted by molar-refractivity contribution is 5.97. The molecular formula is C59H38FN3O4. The predicted molar refractivity (Wildman–Crippen MR) is 263 cm³/mol. The highest BCUT2D eigenvalue weighted by Gasteiger charge is 2.20. The summed E-state index contributed by atoms with van der Waals surface area (Å²) >= 11 is 0. The Balaban J connectivity index is 1.18. The monoisotopic (exact) mass is 871 g/mol. The van der Waals surface area contributed by atoms with E-state index in [4.69, 9.17) is 4.98 Å².